The van der Waals surface area contributed by atoms with Gasteiger partial charge in [-0.1, -0.05) is 26.0 Å². The normalized spacial score (nSPS) is 11.5. The van der Waals surface area contributed by atoms with Crippen LogP contribution in [-0.2, 0) is 21.9 Å². The summed E-state index contributed by atoms with van der Waals surface area (Å²) in [6.07, 6.45) is 0. The van der Waals surface area contributed by atoms with E-state index in [1.165, 1.54) is 4.68 Å². The highest BCUT2D eigenvalue weighted by Gasteiger charge is 2.32. The van der Waals surface area contributed by atoms with E-state index in [9.17, 15) is 13.2 Å². The third-order valence-electron chi connectivity index (χ3n) is 5.57. The number of rotatable bonds is 9. The Bertz CT molecular complexity index is 1250. The number of hydrogen-bond donors (Lipinski definition) is 1. The fourth-order valence-corrected chi connectivity index (χ4v) is 5.54. The van der Waals surface area contributed by atoms with E-state index in [0.29, 0.717) is 41.0 Å². The van der Waals surface area contributed by atoms with Crippen LogP contribution in [0.15, 0.2) is 53.4 Å². The summed E-state index contributed by atoms with van der Waals surface area (Å²) in [5, 5.41) is 7.04. The molecule has 0 spiro atoms. The van der Waals surface area contributed by atoms with Gasteiger partial charge in [-0.15, -0.1) is 0 Å². The van der Waals surface area contributed by atoms with Gasteiger partial charge in [-0.2, -0.15) is 5.10 Å². The Kier molecular flexibility index (Phi) is 7.66. The van der Waals surface area contributed by atoms with E-state index in [4.69, 9.17) is 4.74 Å². The van der Waals surface area contributed by atoms with Crippen LogP contribution in [0.1, 0.15) is 43.6 Å². The van der Waals surface area contributed by atoms with Crippen LogP contribution < -0.4 is 14.4 Å². The average molecular weight is 485 g/mol. The van der Waals surface area contributed by atoms with Crippen LogP contribution in [0.2, 0.25) is 0 Å². The van der Waals surface area contributed by atoms with Crippen molar-refractivity contribution < 1.29 is 17.9 Å². The SMILES string of the molecule is CCOc1ccc(NC(=O)CN(c2ccc(C(C)C)cc2)S(=O)(=O)c2c(C)nn(C)c2C)cc1. The molecule has 3 aromatic rings. The zero-order valence-electron chi connectivity index (χ0n) is 20.5. The lowest BCUT2D eigenvalue weighted by molar-refractivity contribution is -0.114. The molecule has 0 saturated carbocycles. The van der Waals surface area contributed by atoms with Crippen molar-refractivity contribution in [3.05, 3.63) is 65.5 Å². The average Bonchev–Trinajstić information content (AvgIpc) is 3.05. The molecule has 8 nitrogen and oxygen atoms in total. The van der Waals surface area contributed by atoms with Gasteiger partial charge in [-0.25, -0.2) is 8.42 Å². The Hall–Kier alpha value is -3.33. The van der Waals surface area contributed by atoms with Crippen molar-refractivity contribution in [3.8, 4) is 5.75 Å². The molecule has 0 aliphatic carbocycles. The Labute approximate surface area is 201 Å². The molecule has 1 heterocycles. The smallest absolute Gasteiger partial charge is 0.268 e. The molecule has 0 saturated heterocycles. The number of ether oxygens (including phenoxy) is 1. The molecule has 0 aliphatic heterocycles. The minimum Gasteiger partial charge on any atom is -0.494 e. The molecule has 182 valence electrons. The van der Waals surface area contributed by atoms with Gasteiger partial charge < -0.3 is 10.1 Å². The second-order valence-corrected chi connectivity index (χ2v) is 10.2. The Morgan fingerprint density at radius 3 is 2.21 bits per heavy atom. The molecule has 34 heavy (non-hydrogen) atoms. The van der Waals surface area contributed by atoms with Crippen LogP contribution in [0.25, 0.3) is 0 Å². The molecule has 0 unspecified atom stereocenters. The van der Waals surface area contributed by atoms with Crippen molar-refractivity contribution >= 4 is 27.3 Å². The fourth-order valence-electron chi connectivity index (χ4n) is 3.71. The van der Waals surface area contributed by atoms with Crippen LogP contribution in [0, 0.1) is 13.8 Å². The molecule has 1 aromatic heterocycles. The lowest BCUT2D eigenvalue weighted by Gasteiger charge is -2.25. The molecule has 1 N–H and O–H groups in total. The van der Waals surface area contributed by atoms with Gasteiger partial charge in [0, 0.05) is 12.7 Å². The summed E-state index contributed by atoms with van der Waals surface area (Å²) in [7, 11) is -2.36. The molecule has 0 atom stereocenters. The third-order valence-corrected chi connectivity index (χ3v) is 7.60. The first-order chi connectivity index (χ1) is 16.0. The molecule has 0 fully saturated rings. The number of nitrogens with one attached hydrogen (secondary N) is 1. The summed E-state index contributed by atoms with van der Waals surface area (Å²) in [6, 6.07) is 14.2. The molecule has 2 aromatic carbocycles. The maximum atomic E-state index is 13.8. The Balaban J connectivity index is 1.95. The molecule has 3 rings (SSSR count). The zero-order chi connectivity index (χ0) is 25.0. The minimum absolute atomic E-state index is 0.108. The highest BCUT2D eigenvalue weighted by atomic mass is 32.2. The number of anilines is 2. The van der Waals surface area contributed by atoms with Gasteiger partial charge in [0.25, 0.3) is 10.0 Å². The van der Waals surface area contributed by atoms with E-state index in [2.05, 4.69) is 24.3 Å². The van der Waals surface area contributed by atoms with Crippen molar-refractivity contribution in [1.29, 1.82) is 0 Å². The van der Waals surface area contributed by atoms with Crippen molar-refractivity contribution in [3.63, 3.8) is 0 Å². The summed E-state index contributed by atoms with van der Waals surface area (Å²) in [6.45, 7) is 9.54. The molecule has 1 amide bonds. The van der Waals surface area contributed by atoms with Crippen LogP contribution in [-0.4, -0.2) is 37.3 Å². The van der Waals surface area contributed by atoms with Gasteiger partial charge >= 0.3 is 0 Å². The first-order valence-corrected chi connectivity index (χ1v) is 12.6. The summed E-state index contributed by atoms with van der Waals surface area (Å²) in [4.78, 5) is 13.1. The molecule has 0 aliphatic rings. The number of sulfonamides is 1. The van der Waals surface area contributed by atoms with E-state index in [1.807, 2.05) is 19.1 Å². The number of aryl methyl sites for hydroxylation is 2. The highest BCUT2D eigenvalue weighted by molar-refractivity contribution is 7.93. The Morgan fingerprint density at radius 1 is 1.09 bits per heavy atom. The lowest BCUT2D eigenvalue weighted by atomic mass is 10.0. The summed E-state index contributed by atoms with van der Waals surface area (Å²) >= 11 is 0. The van der Waals surface area contributed by atoms with Crippen molar-refractivity contribution in [2.75, 3.05) is 22.8 Å². The lowest BCUT2D eigenvalue weighted by Crippen LogP contribution is -2.38. The standard InChI is InChI=1S/C25H32N4O4S/c1-7-33-23-14-10-21(11-15-23)26-24(30)16-29(22-12-8-20(9-13-22)17(2)3)34(31,32)25-18(4)27-28(6)19(25)5/h8-15,17H,7,16H2,1-6H3,(H,26,30). The predicted octanol–water partition coefficient (Wildman–Crippen LogP) is 4.39. The van der Waals surface area contributed by atoms with Gasteiger partial charge in [0.1, 0.15) is 17.2 Å². The van der Waals surface area contributed by atoms with Gasteiger partial charge in [0.15, 0.2) is 0 Å². The first-order valence-electron chi connectivity index (χ1n) is 11.2. The van der Waals surface area contributed by atoms with Crippen molar-refractivity contribution in [1.82, 2.24) is 9.78 Å². The quantitative estimate of drug-likeness (QED) is 0.486. The second-order valence-electron chi connectivity index (χ2n) is 8.39. The molecular weight excluding hydrogens is 452 g/mol. The zero-order valence-corrected chi connectivity index (χ0v) is 21.3. The number of nitrogens with zero attached hydrogens (tertiary/aromatic N) is 3. The number of aromatic nitrogens is 2. The molecular formula is C25H32N4O4S. The van der Waals surface area contributed by atoms with Crippen LogP contribution in [0.4, 0.5) is 11.4 Å². The predicted molar refractivity (Wildman–Crippen MR) is 134 cm³/mol. The van der Waals surface area contributed by atoms with Gasteiger partial charge in [0.05, 0.1) is 23.7 Å². The van der Waals surface area contributed by atoms with E-state index in [1.54, 1.807) is 57.3 Å². The monoisotopic (exact) mass is 484 g/mol. The topological polar surface area (TPSA) is 93.5 Å². The number of carbonyl (C=O) groups is 1. The highest BCUT2D eigenvalue weighted by Crippen LogP contribution is 2.29. The van der Waals surface area contributed by atoms with Gasteiger partial charge in [-0.05, 0) is 68.7 Å². The number of hydrogen-bond acceptors (Lipinski definition) is 5. The van der Waals surface area contributed by atoms with E-state index in [-0.39, 0.29) is 11.4 Å². The van der Waals surface area contributed by atoms with Gasteiger partial charge in [-0.3, -0.25) is 13.8 Å². The minimum atomic E-state index is -4.06. The largest absolute Gasteiger partial charge is 0.494 e. The molecule has 9 heteroatoms. The van der Waals surface area contributed by atoms with Crippen LogP contribution >= 0.6 is 0 Å². The maximum Gasteiger partial charge on any atom is 0.268 e. The summed E-state index contributed by atoms with van der Waals surface area (Å²) in [5.74, 6) is 0.530. The van der Waals surface area contributed by atoms with Gasteiger partial charge in [0.2, 0.25) is 5.91 Å². The Morgan fingerprint density at radius 2 is 1.71 bits per heavy atom. The summed E-state index contributed by atoms with van der Waals surface area (Å²) in [5.41, 5.74) is 2.93. The van der Waals surface area contributed by atoms with Crippen LogP contribution in [0.5, 0.6) is 5.75 Å². The van der Waals surface area contributed by atoms with E-state index in [0.717, 1.165) is 9.87 Å². The van der Waals surface area contributed by atoms with E-state index < -0.39 is 15.9 Å². The number of amides is 1. The molecule has 0 bridgehead atoms. The van der Waals surface area contributed by atoms with Crippen molar-refractivity contribution in [2.45, 2.75) is 45.4 Å². The maximum absolute atomic E-state index is 13.8. The van der Waals surface area contributed by atoms with Crippen molar-refractivity contribution in [2.24, 2.45) is 7.05 Å². The first kappa shape index (κ1) is 25.3. The molecule has 0 radical (unpaired) electrons. The van der Waals surface area contributed by atoms with E-state index >= 15 is 0 Å². The van der Waals surface area contributed by atoms with Crippen LogP contribution in [0.3, 0.4) is 0 Å². The summed E-state index contributed by atoms with van der Waals surface area (Å²) < 4.78 is 35.7. The number of benzene rings is 2. The second kappa shape index (κ2) is 10.3. The fraction of sp³-hybridized carbons (Fsp3) is 0.360. The number of carbonyl (C=O) groups excluding carboxylic acids is 1. The third kappa shape index (κ3) is 5.41.